The highest BCUT2D eigenvalue weighted by atomic mass is 32.2. The van der Waals surface area contributed by atoms with Crippen LogP contribution in [0.1, 0.15) is 34.6 Å². The fourth-order valence-corrected chi connectivity index (χ4v) is 2.86. The Labute approximate surface area is 100 Å². The second kappa shape index (κ2) is 6.57. The molecule has 0 heterocycles. The van der Waals surface area contributed by atoms with Gasteiger partial charge >= 0.3 is 0 Å². The van der Waals surface area contributed by atoms with Crippen molar-refractivity contribution in [2.75, 3.05) is 31.9 Å². The van der Waals surface area contributed by atoms with Crippen molar-refractivity contribution >= 4 is 10.0 Å². The van der Waals surface area contributed by atoms with Crippen LogP contribution in [-0.2, 0) is 10.0 Å². The van der Waals surface area contributed by atoms with Crippen molar-refractivity contribution in [3.8, 4) is 0 Å². The Balaban J connectivity index is 4.01. The van der Waals surface area contributed by atoms with Crippen molar-refractivity contribution in [3.63, 3.8) is 0 Å². The molecule has 0 aliphatic heterocycles. The van der Waals surface area contributed by atoms with E-state index >= 15 is 0 Å². The Bertz CT molecular complexity index is 277. The molecule has 0 atom stereocenters. The smallest absolute Gasteiger partial charge is 0.215 e. The van der Waals surface area contributed by atoms with Crippen LogP contribution in [0.4, 0.5) is 0 Å². The zero-order chi connectivity index (χ0) is 12.8. The maximum atomic E-state index is 11.8. The Morgan fingerprint density at radius 1 is 1.12 bits per heavy atom. The summed E-state index contributed by atoms with van der Waals surface area (Å²) in [6.45, 7) is 12.6. The van der Waals surface area contributed by atoms with E-state index in [2.05, 4.69) is 26.1 Å². The molecule has 0 unspecified atom stereocenters. The number of nitrogens with zero attached hydrogens (tertiary/aromatic N) is 1. The minimum Gasteiger partial charge on any atom is -0.315 e. The van der Waals surface area contributed by atoms with E-state index in [1.54, 1.807) is 0 Å². The van der Waals surface area contributed by atoms with Gasteiger partial charge in [-0.1, -0.05) is 34.6 Å². The van der Waals surface area contributed by atoms with Gasteiger partial charge in [-0.2, -0.15) is 0 Å². The highest BCUT2D eigenvalue weighted by Crippen LogP contribution is 2.10. The summed E-state index contributed by atoms with van der Waals surface area (Å²) >= 11 is 0. The van der Waals surface area contributed by atoms with Crippen LogP contribution in [0, 0.1) is 5.41 Å². The molecule has 0 aromatic heterocycles. The fraction of sp³-hybridized carbons (Fsp3) is 1.00. The molecule has 0 aliphatic rings. The normalized spacial score (nSPS) is 13.4. The maximum absolute atomic E-state index is 11.8. The molecule has 0 saturated carbocycles. The number of sulfonamides is 1. The Morgan fingerprint density at radius 2 is 1.62 bits per heavy atom. The van der Waals surface area contributed by atoms with Crippen molar-refractivity contribution in [2.24, 2.45) is 5.41 Å². The second-order valence-electron chi connectivity index (χ2n) is 5.14. The molecule has 98 valence electrons. The molecule has 5 heteroatoms. The van der Waals surface area contributed by atoms with E-state index in [-0.39, 0.29) is 11.2 Å². The van der Waals surface area contributed by atoms with Crippen molar-refractivity contribution in [2.45, 2.75) is 34.6 Å². The summed E-state index contributed by atoms with van der Waals surface area (Å²) in [5, 5.41) is 3.18. The van der Waals surface area contributed by atoms with Gasteiger partial charge in [0.15, 0.2) is 0 Å². The van der Waals surface area contributed by atoms with Gasteiger partial charge in [-0.3, -0.25) is 0 Å². The van der Waals surface area contributed by atoms with Crippen LogP contribution in [0.2, 0.25) is 0 Å². The van der Waals surface area contributed by atoms with E-state index in [1.165, 1.54) is 4.31 Å². The molecular weight excluding hydrogens is 224 g/mol. The van der Waals surface area contributed by atoms with E-state index in [1.807, 2.05) is 13.8 Å². The standard InChI is InChI=1S/C11H26N2O2S/c1-6-13(7-2)16(14,15)9-8-12-10-11(3,4)5/h12H,6-10H2,1-5H3. The molecule has 0 aromatic rings. The highest BCUT2D eigenvalue weighted by molar-refractivity contribution is 7.89. The van der Waals surface area contributed by atoms with E-state index in [0.717, 1.165) is 6.54 Å². The number of nitrogens with one attached hydrogen (secondary N) is 1. The van der Waals surface area contributed by atoms with Gasteiger partial charge in [0.05, 0.1) is 5.75 Å². The average Bonchev–Trinajstić information content (AvgIpc) is 2.12. The molecule has 0 spiro atoms. The summed E-state index contributed by atoms with van der Waals surface area (Å²) in [6.07, 6.45) is 0. The predicted octanol–water partition coefficient (Wildman–Crippen LogP) is 1.29. The van der Waals surface area contributed by atoms with Gasteiger partial charge in [0.25, 0.3) is 0 Å². The maximum Gasteiger partial charge on any atom is 0.215 e. The van der Waals surface area contributed by atoms with Gasteiger partial charge < -0.3 is 5.32 Å². The van der Waals surface area contributed by atoms with Crippen LogP contribution >= 0.6 is 0 Å². The molecule has 0 aromatic carbocycles. The molecule has 0 fully saturated rings. The lowest BCUT2D eigenvalue weighted by Crippen LogP contribution is -2.37. The summed E-state index contributed by atoms with van der Waals surface area (Å²) < 4.78 is 25.1. The molecule has 0 amide bonds. The van der Waals surface area contributed by atoms with Gasteiger partial charge in [-0.25, -0.2) is 12.7 Å². The van der Waals surface area contributed by atoms with Crippen molar-refractivity contribution in [1.29, 1.82) is 0 Å². The van der Waals surface area contributed by atoms with Gasteiger partial charge in [-0.15, -0.1) is 0 Å². The van der Waals surface area contributed by atoms with Crippen LogP contribution in [0.25, 0.3) is 0 Å². The van der Waals surface area contributed by atoms with E-state index < -0.39 is 10.0 Å². The summed E-state index contributed by atoms with van der Waals surface area (Å²) in [5.74, 6) is 0.185. The molecular formula is C11H26N2O2S. The zero-order valence-electron chi connectivity index (χ0n) is 11.2. The Kier molecular flexibility index (Phi) is 6.51. The predicted molar refractivity (Wildman–Crippen MR) is 69.0 cm³/mol. The zero-order valence-corrected chi connectivity index (χ0v) is 12.0. The molecule has 0 rings (SSSR count). The van der Waals surface area contributed by atoms with E-state index in [4.69, 9.17) is 0 Å². The van der Waals surface area contributed by atoms with E-state index in [9.17, 15) is 8.42 Å². The highest BCUT2D eigenvalue weighted by Gasteiger charge is 2.18. The first-order valence-corrected chi connectivity index (χ1v) is 7.52. The van der Waals surface area contributed by atoms with Crippen molar-refractivity contribution < 1.29 is 8.42 Å². The molecule has 16 heavy (non-hydrogen) atoms. The Hall–Kier alpha value is -0.130. The third kappa shape index (κ3) is 6.45. The third-order valence-electron chi connectivity index (χ3n) is 2.29. The monoisotopic (exact) mass is 250 g/mol. The van der Waals surface area contributed by atoms with Crippen LogP contribution in [0.15, 0.2) is 0 Å². The average molecular weight is 250 g/mol. The summed E-state index contributed by atoms with van der Waals surface area (Å²) in [5.41, 5.74) is 0.193. The quantitative estimate of drug-likeness (QED) is 0.693. The summed E-state index contributed by atoms with van der Waals surface area (Å²) in [4.78, 5) is 0. The lowest BCUT2D eigenvalue weighted by Gasteiger charge is -2.21. The molecule has 1 N–H and O–H groups in total. The minimum absolute atomic E-state index is 0.185. The summed E-state index contributed by atoms with van der Waals surface area (Å²) in [6, 6.07) is 0. The molecule has 0 saturated heterocycles. The number of rotatable bonds is 7. The van der Waals surface area contributed by atoms with Gasteiger partial charge in [-0.05, 0) is 5.41 Å². The van der Waals surface area contributed by atoms with Gasteiger partial charge in [0, 0.05) is 26.2 Å². The van der Waals surface area contributed by atoms with Gasteiger partial charge in [0.1, 0.15) is 0 Å². The number of hydrogen-bond acceptors (Lipinski definition) is 3. The first kappa shape index (κ1) is 15.9. The first-order chi connectivity index (χ1) is 7.23. The number of hydrogen-bond donors (Lipinski definition) is 1. The molecule has 4 nitrogen and oxygen atoms in total. The molecule has 0 bridgehead atoms. The Morgan fingerprint density at radius 3 is 2.00 bits per heavy atom. The second-order valence-corrected chi connectivity index (χ2v) is 7.23. The van der Waals surface area contributed by atoms with Gasteiger partial charge in [0.2, 0.25) is 10.0 Å². The molecule has 0 radical (unpaired) electrons. The van der Waals surface area contributed by atoms with Crippen molar-refractivity contribution in [3.05, 3.63) is 0 Å². The molecule has 0 aliphatic carbocycles. The summed E-state index contributed by atoms with van der Waals surface area (Å²) in [7, 11) is -3.07. The van der Waals surface area contributed by atoms with E-state index in [0.29, 0.717) is 19.6 Å². The van der Waals surface area contributed by atoms with Crippen molar-refractivity contribution in [1.82, 2.24) is 9.62 Å². The lowest BCUT2D eigenvalue weighted by atomic mass is 9.97. The van der Waals surface area contributed by atoms with Crippen LogP contribution in [-0.4, -0.2) is 44.7 Å². The van der Waals surface area contributed by atoms with Crippen LogP contribution in [0.5, 0.6) is 0 Å². The minimum atomic E-state index is -3.07. The van der Waals surface area contributed by atoms with Crippen LogP contribution < -0.4 is 5.32 Å². The van der Waals surface area contributed by atoms with Crippen LogP contribution in [0.3, 0.4) is 0 Å². The fourth-order valence-electron chi connectivity index (χ4n) is 1.41. The first-order valence-electron chi connectivity index (χ1n) is 5.91. The largest absolute Gasteiger partial charge is 0.315 e. The topological polar surface area (TPSA) is 49.4 Å². The SMILES string of the molecule is CCN(CC)S(=O)(=O)CCNCC(C)(C)C. The third-order valence-corrected chi connectivity index (χ3v) is 4.31. The lowest BCUT2D eigenvalue weighted by molar-refractivity contribution is 0.383.